The number of ether oxygens (including phenoxy) is 1. The van der Waals surface area contributed by atoms with Gasteiger partial charge in [0.2, 0.25) is 0 Å². The quantitative estimate of drug-likeness (QED) is 0.449. The third kappa shape index (κ3) is 4.43. The standard InChI is InChI=1S/C9H6O2.C6H10O2/c10-9-6-5-7-3-1-2-4-8(7)11-9;1-4-5(2)6(7)8-3/h1-6H;4H,1-3H3. The molecule has 2 rings (SSSR count). The van der Waals surface area contributed by atoms with Gasteiger partial charge in [-0.15, -0.1) is 0 Å². The zero-order valence-electron chi connectivity index (χ0n) is 11.2. The zero-order chi connectivity index (χ0) is 14.3. The van der Waals surface area contributed by atoms with Crippen LogP contribution in [0, 0.1) is 0 Å². The fraction of sp³-hybridized carbons (Fsp3) is 0.200. The maximum atomic E-state index is 10.7. The van der Waals surface area contributed by atoms with Gasteiger partial charge in [0.1, 0.15) is 5.58 Å². The summed E-state index contributed by atoms with van der Waals surface area (Å²) in [7, 11) is 1.37. The Kier molecular flexibility index (Phi) is 5.54. The van der Waals surface area contributed by atoms with Crippen LogP contribution in [0.3, 0.4) is 0 Å². The van der Waals surface area contributed by atoms with Gasteiger partial charge < -0.3 is 9.15 Å². The number of methoxy groups -OCH3 is 1. The minimum Gasteiger partial charge on any atom is -0.466 e. The highest BCUT2D eigenvalue weighted by Gasteiger charge is 1.98. The lowest BCUT2D eigenvalue weighted by Crippen LogP contribution is -2.00. The third-order valence-corrected chi connectivity index (χ3v) is 2.47. The monoisotopic (exact) mass is 260 g/mol. The predicted molar refractivity (Wildman–Crippen MR) is 73.9 cm³/mol. The molecule has 4 heteroatoms. The molecular weight excluding hydrogens is 244 g/mol. The van der Waals surface area contributed by atoms with Crippen molar-refractivity contribution >= 4 is 16.9 Å². The second-order valence-electron chi connectivity index (χ2n) is 3.76. The van der Waals surface area contributed by atoms with Crippen molar-refractivity contribution in [3.63, 3.8) is 0 Å². The first-order valence-electron chi connectivity index (χ1n) is 5.78. The molecule has 0 aliphatic rings. The van der Waals surface area contributed by atoms with Crippen molar-refractivity contribution in [2.24, 2.45) is 0 Å². The van der Waals surface area contributed by atoms with Gasteiger partial charge in [0.25, 0.3) is 0 Å². The van der Waals surface area contributed by atoms with Crippen LogP contribution in [0.2, 0.25) is 0 Å². The van der Waals surface area contributed by atoms with E-state index in [1.165, 1.54) is 13.2 Å². The average Bonchev–Trinajstić information content (AvgIpc) is 2.46. The molecule has 0 unspecified atom stereocenters. The molecule has 0 atom stereocenters. The Bertz CT molecular complexity index is 638. The number of hydrogen-bond acceptors (Lipinski definition) is 4. The molecule has 0 saturated carbocycles. The molecule has 2 aromatic rings. The van der Waals surface area contributed by atoms with Crippen molar-refractivity contribution in [2.75, 3.05) is 7.11 Å². The Labute approximate surface area is 111 Å². The van der Waals surface area contributed by atoms with Gasteiger partial charge in [-0.25, -0.2) is 9.59 Å². The minimum atomic E-state index is -0.302. The summed E-state index contributed by atoms with van der Waals surface area (Å²) in [5, 5.41) is 0.951. The van der Waals surface area contributed by atoms with Gasteiger partial charge in [-0.2, -0.15) is 0 Å². The molecule has 19 heavy (non-hydrogen) atoms. The molecule has 1 aromatic carbocycles. The van der Waals surface area contributed by atoms with Crippen molar-refractivity contribution in [1.82, 2.24) is 0 Å². The number of para-hydroxylation sites is 1. The van der Waals surface area contributed by atoms with Gasteiger partial charge in [0.15, 0.2) is 0 Å². The zero-order valence-corrected chi connectivity index (χ0v) is 11.2. The van der Waals surface area contributed by atoms with E-state index in [0.29, 0.717) is 11.2 Å². The lowest BCUT2D eigenvalue weighted by molar-refractivity contribution is -0.136. The second-order valence-corrected chi connectivity index (χ2v) is 3.76. The first kappa shape index (κ1) is 14.7. The fourth-order valence-corrected chi connectivity index (χ4v) is 1.29. The van der Waals surface area contributed by atoms with Gasteiger partial charge in [0, 0.05) is 17.0 Å². The number of rotatable bonds is 1. The SMILES string of the molecule is CC=C(C)C(=O)OC.O=c1ccc2ccccc2o1. The molecule has 0 radical (unpaired) electrons. The normalized spacial score (nSPS) is 10.6. The van der Waals surface area contributed by atoms with E-state index in [-0.39, 0.29) is 11.6 Å². The van der Waals surface area contributed by atoms with Crippen molar-refractivity contribution in [3.05, 3.63) is 58.5 Å². The lowest BCUT2D eigenvalue weighted by Gasteiger charge is -1.93. The third-order valence-electron chi connectivity index (χ3n) is 2.47. The number of carbonyl (C=O) groups is 1. The van der Waals surface area contributed by atoms with Gasteiger partial charge >= 0.3 is 11.6 Å². The topological polar surface area (TPSA) is 56.5 Å². The van der Waals surface area contributed by atoms with Crippen molar-refractivity contribution in [1.29, 1.82) is 0 Å². The van der Waals surface area contributed by atoms with E-state index < -0.39 is 0 Å². The molecule has 0 bridgehead atoms. The summed E-state index contributed by atoms with van der Waals surface area (Å²) in [5.41, 5.74) is 0.983. The van der Waals surface area contributed by atoms with Gasteiger partial charge in [-0.3, -0.25) is 0 Å². The van der Waals surface area contributed by atoms with E-state index in [2.05, 4.69) is 4.74 Å². The van der Waals surface area contributed by atoms with E-state index in [1.54, 1.807) is 32.1 Å². The molecular formula is C15H16O4. The molecule has 1 heterocycles. The van der Waals surface area contributed by atoms with E-state index in [1.807, 2.05) is 18.2 Å². The number of benzene rings is 1. The van der Waals surface area contributed by atoms with Crippen molar-refractivity contribution < 1.29 is 13.9 Å². The summed E-state index contributed by atoms with van der Waals surface area (Å²) in [4.78, 5) is 21.2. The Balaban J connectivity index is 0.000000203. The van der Waals surface area contributed by atoms with E-state index in [0.717, 1.165) is 5.39 Å². The van der Waals surface area contributed by atoms with E-state index in [9.17, 15) is 9.59 Å². The van der Waals surface area contributed by atoms with Crippen LogP contribution in [-0.4, -0.2) is 13.1 Å². The number of hydrogen-bond donors (Lipinski definition) is 0. The van der Waals surface area contributed by atoms with Gasteiger partial charge in [0.05, 0.1) is 7.11 Å². The van der Waals surface area contributed by atoms with Crippen molar-refractivity contribution in [2.45, 2.75) is 13.8 Å². The van der Waals surface area contributed by atoms with Crippen LogP contribution in [0.15, 0.2) is 57.3 Å². The summed E-state index contributed by atoms with van der Waals surface area (Å²) < 4.78 is 9.30. The summed E-state index contributed by atoms with van der Waals surface area (Å²) in [5.74, 6) is -0.257. The summed E-state index contributed by atoms with van der Waals surface area (Å²) in [6.07, 6.45) is 1.71. The van der Waals surface area contributed by atoms with Gasteiger partial charge in [-0.05, 0) is 26.0 Å². The van der Waals surface area contributed by atoms with Crippen LogP contribution in [-0.2, 0) is 9.53 Å². The number of fused-ring (bicyclic) bond motifs is 1. The molecule has 0 aliphatic carbocycles. The Morgan fingerprint density at radius 3 is 2.47 bits per heavy atom. The first-order chi connectivity index (χ1) is 9.08. The molecule has 0 saturated heterocycles. The molecule has 1 aromatic heterocycles. The van der Waals surface area contributed by atoms with Crippen LogP contribution in [0.4, 0.5) is 0 Å². The molecule has 0 amide bonds. The van der Waals surface area contributed by atoms with Gasteiger partial charge in [-0.1, -0.05) is 24.3 Å². The molecule has 100 valence electrons. The Morgan fingerprint density at radius 1 is 1.21 bits per heavy atom. The van der Waals surface area contributed by atoms with E-state index in [4.69, 9.17) is 4.42 Å². The highest BCUT2D eigenvalue weighted by molar-refractivity contribution is 5.87. The number of esters is 1. The van der Waals surface area contributed by atoms with Crippen LogP contribution in [0.1, 0.15) is 13.8 Å². The smallest absolute Gasteiger partial charge is 0.336 e. The molecule has 0 fully saturated rings. The summed E-state index contributed by atoms with van der Waals surface area (Å²) in [6, 6.07) is 10.6. The maximum absolute atomic E-state index is 10.7. The average molecular weight is 260 g/mol. The first-order valence-corrected chi connectivity index (χ1v) is 5.78. The molecule has 4 nitrogen and oxygen atoms in total. The number of carbonyl (C=O) groups excluding carboxylic acids is 1. The fourth-order valence-electron chi connectivity index (χ4n) is 1.29. The van der Waals surface area contributed by atoms with Crippen LogP contribution < -0.4 is 5.63 Å². The van der Waals surface area contributed by atoms with E-state index >= 15 is 0 Å². The maximum Gasteiger partial charge on any atom is 0.336 e. The molecule has 0 spiro atoms. The predicted octanol–water partition coefficient (Wildman–Crippen LogP) is 2.92. The summed E-state index contributed by atoms with van der Waals surface area (Å²) >= 11 is 0. The van der Waals surface area contributed by atoms with Crippen molar-refractivity contribution in [3.8, 4) is 0 Å². The summed E-state index contributed by atoms with van der Waals surface area (Å²) in [6.45, 7) is 3.51. The largest absolute Gasteiger partial charge is 0.466 e. The minimum absolute atomic E-state index is 0.257. The van der Waals surface area contributed by atoms with Crippen LogP contribution in [0.5, 0.6) is 0 Å². The van der Waals surface area contributed by atoms with Crippen LogP contribution in [0.25, 0.3) is 11.0 Å². The highest BCUT2D eigenvalue weighted by Crippen LogP contribution is 2.08. The lowest BCUT2D eigenvalue weighted by atomic mass is 10.2. The van der Waals surface area contributed by atoms with Crippen LogP contribution >= 0.6 is 0 Å². The Hall–Kier alpha value is -2.36. The molecule has 0 aliphatic heterocycles. The Morgan fingerprint density at radius 2 is 1.89 bits per heavy atom. The molecule has 0 N–H and O–H groups in total. The number of allylic oxidation sites excluding steroid dienone is 1. The highest BCUT2D eigenvalue weighted by atomic mass is 16.5. The second kappa shape index (κ2) is 7.16.